The average Bonchev–Trinajstić information content (AvgIpc) is 3.28. The fourth-order valence-corrected chi connectivity index (χ4v) is 4.33. The number of aromatic nitrogens is 2. The van der Waals surface area contributed by atoms with Crippen LogP contribution in [0.4, 0.5) is 15.9 Å². The summed E-state index contributed by atoms with van der Waals surface area (Å²) in [5.41, 5.74) is 1.75. The Hall–Kier alpha value is -2.80. The van der Waals surface area contributed by atoms with E-state index in [2.05, 4.69) is 34.0 Å². The van der Waals surface area contributed by atoms with Crippen LogP contribution in [0.2, 0.25) is 0 Å². The molecular weight excluding hydrogens is 387 g/mol. The smallest absolute Gasteiger partial charge is 0.267 e. The highest BCUT2D eigenvalue weighted by Gasteiger charge is 2.32. The summed E-state index contributed by atoms with van der Waals surface area (Å²) in [6, 6.07) is 8.33. The Morgan fingerprint density at radius 2 is 2.00 bits per heavy atom. The van der Waals surface area contributed by atoms with Crippen LogP contribution in [-0.4, -0.2) is 29.0 Å². The van der Waals surface area contributed by atoms with E-state index in [1.165, 1.54) is 17.4 Å². The van der Waals surface area contributed by atoms with Crippen molar-refractivity contribution in [3.63, 3.8) is 0 Å². The molecule has 3 aromatic rings. The molecule has 29 heavy (non-hydrogen) atoms. The normalized spacial score (nSPS) is 15.5. The number of anilines is 2. The van der Waals surface area contributed by atoms with Crippen LogP contribution in [0.3, 0.4) is 0 Å². The van der Waals surface area contributed by atoms with Gasteiger partial charge >= 0.3 is 0 Å². The lowest BCUT2D eigenvalue weighted by Gasteiger charge is -2.24. The molecule has 3 heterocycles. The molecule has 1 aliphatic heterocycles. The van der Waals surface area contributed by atoms with Crippen molar-refractivity contribution in [2.75, 3.05) is 23.3 Å². The Morgan fingerprint density at radius 1 is 1.21 bits per heavy atom. The van der Waals surface area contributed by atoms with Crippen molar-refractivity contribution < 1.29 is 9.18 Å². The van der Waals surface area contributed by atoms with Gasteiger partial charge in [-0.2, -0.15) is 0 Å². The van der Waals surface area contributed by atoms with E-state index < -0.39 is 0 Å². The van der Waals surface area contributed by atoms with E-state index in [1.807, 2.05) is 6.92 Å². The Bertz CT molecular complexity index is 1060. The van der Waals surface area contributed by atoms with Gasteiger partial charge in [-0.25, -0.2) is 14.4 Å². The Labute approximate surface area is 173 Å². The zero-order valence-corrected chi connectivity index (χ0v) is 17.5. The number of hydrogen-bond acceptors (Lipinski definition) is 5. The summed E-state index contributed by atoms with van der Waals surface area (Å²) in [6.07, 6.45) is 4.27. The Kier molecular flexibility index (Phi) is 5.08. The summed E-state index contributed by atoms with van der Waals surface area (Å²) < 4.78 is 14.6. The van der Waals surface area contributed by atoms with E-state index in [0.29, 0.717) is 27.5 Å². The lowest BCUT2D eigenvalue weighted by atomic mass is 9.93. The zero-order valence-electron chi connectivity index (χ0n) is 16.7. The lowest BCUT2D eigenvalue weighted by Crippen LogP contribution is -2.25. The first-order chi connectivity index (χ1) is 13.8. The second-order valence-corrected chi connectivity index (χ2v) is 9.31. The van der Waals surface area contributed by atoms with Crippen molar-refractivity contribution in [1.29, 1.82) is 0 Å². The number of amides is 1. The number of carbonyl (C=O) groups is 1. The summed E-state index contributed by atoms with van der Waals surface area (Å²) in [4.78, 5) is 24.3. The second kappa shape index (κ2) is 7.55. The number of thiazole rings is 1. The number of nitrogens with one attached hydrogen (secondary N) is 1. The van der Waals surface area contributed by atoms with Gasteiger partial charge < -0.3 is 10.2 Å². The third-order valence-electron chi connectivity index (χ3n) is 5.16. The number of benzene rings is 1. The summed E-state index contributed by atoms with van der Waals surface area (Å²) in [6.45, 7) is 7.94. The first-order valence-corrected chi connectivity index (χ1v) is 10.4. The second-order valence-electron chi connectivity index (χ2n) is 8.07. The van der Waals surface area contributed by atoms with Crippen LogP contribution in [0, 0.1) is 18.2 Å². The van der Waals surface area contributed by atoms with Crippen molar-refractivity contribution in [3.05, 3.63) is 58.4 Å². The number of nitrogens with zero attached hydrogens (tertiary/aromatic N) is 3. The minimum atomic E-state index is -0.337. The van der Waals surface area contributed by atoms with E-state index in [1.54, 1.807) is 36.7 Å². The van der Waals surface area contributed by atoms with E-state index >= 15 is 0 Å². The zero-order chi connectivity index (χ0) is 20.6. The van der Waals surface area contributed by atoms with Crippen molar-refractivity contribution in [2.24, 2.45) is 5.41 Å². The highest BCUT2D eigenvalue weighted by molar-refractivity contribution is 7.13. The van der Waals surface area contributed by atoms with Crippen LogP contribution in [0.1, 0.15) is 34.9 Å². The van der Waals surface area contributed by atoms with Gasteiger partial charge in [0.15, 0.2) is 5.82 Å². The SMILES string of the molecule is Cc1ncc(C(=O)Nc2c(-c3ccccc3F)ccnc2N2CCC(C)(C)C2)s1. The van der Waals surface area contributed by atoms with Crippen LogP contribution >= 0.6 is 11.3 Å². The van der Waals surface area contributed by atoms with Gasteiger partial charge in [-0.3, -0.25) is 4.79 Å². The van der Waals surface area contributed by atoms with Crippen molar-refractivity contribution in [3.8, 4) is 11.1 Å². The molecule has 0 aliphatic carbocycles. The van der Waals surface area contributed by atoms with Crippen LogP contribution in [0.5, 0.6) is 0 Å². The van der Waals surface area contributed by atoms with Gasteiger partial charge in [-0.15, -0.1) is 11.3 Å². The molecular formula is C22H23FN4OS. The molecule has 1 saturated heterocycles. The van der Waals surface area contributed by atoms with Gasteiger partial charge in [0, 0.05) is 30.4 Å². The molecule has 0 bridgehead atoms. The van der Waals surface area contributed by atoms with E-state index in [9.17, 15) is 9.18 Å². The monoisotopic (exact) mass is 410 g/mol. The largest absolute Gasteiger partial charge is 0.354 e. The number of carbonyl (C=O) groups excluding carboxylic acids is 1. The van der Waals surface area contributed by atoms with Crippen LogP contribution in [0.15, 0.2) is 42.7 Å². The Morgan fingerprint density at radius 3 is 2.66 bits per heavy atom. The Balaban J connectivity index is 1.80. The van der Waals surface area contributed by atoms with Gasteiger partial charge in [0.05, 0.1) is 16.9 Å². The number of aryl methyl sites for hydroxylation is 1. The minimum absolute atomic E-state index is 0.158. The fourth-order valence-electron chi connectivity index (χ4n) is 3.65. The predicted molar refractivity (Wildman–Crippen MR) is 115 cm³/mol. The molecule has 0 saturated carbocycles. The maximum Gasteiger partial charge on any atom is 0.267 e. The molecule has 5 nitrogen and oxygen atoms in total. The highest BCUT2D eigenvalue weighted by atomic mass is 32.1. The van der Waals surface area contributed by atoms with Gasteiger partial charge in [-0.1, -0.05) is 32.0 Å². The first kappa shape index (κ1) is 19.5. The molecule has 0 unspecified atom stereocenters. The first-order valence-electron chi connectivity index (χ1n) is 9.57. The van der Waals surface area contributed by atoms with Gasteiger partial charge in [0.1, 0.15) is 10.7 Å². The summed E-state index contributed by atoms with van der Waals surface area (Å²) in [5.74, 6) is 0.0716. The molecule has 1 aromatic carbocycles. The molecule has 1 fully saturated rings. The molecule has 150 valence electrons. The molecule has 0 spiro atoms. The molecule has 1 amide bonds. The number of hydrogen-bond donors (Lipinski definition) is 1. The predicted octanol–water partition coefficient (Wildman–Crippen LogP) is 5.14. The van der Waals surface area contributed by atoms with Crippen molar-refractivity contribution in [1.82, 2.24) is 9.97 Å². The lowest BCUT2D eigenvalue weighted by molar-refractivity contribution is 0.103. The molecule has 2 aromatic heterocycles. The molecule has 0 atom stereocenters. The van der Waals surface area contributed by atoms with Crippen LogP contribution in [-0.2, 0) is 0 Å². The van der Waals surface area contributed by atoms with Gasteiger partial charge in [-0.05, 0) is 30.9 Å². The summed E-state index contributed by atoms with van der Waals surface area (Å²) >= 11 is 1.33. The number of halogens is 1. The summed E-state index contributed by atoms with van der Waals surface area (Å²) in [7, 11) is 0. The molecule has 1 aliphatic rings. The minimum Gasteiger partial charge on any atom is -0.354 e. The van der Waals surface area contributed by atoms with Crippen LogP contribution < -0.4 is 10.2 Å². The van der Waals surface area contributed by atoms with Crippen LogP contribution in [0.25, 0.3) is 11.1 Å². The molecule has 1 N–H and O–H groups in total. The fraction of sp³-hybridized carbons (Fsp3) is 0.318. The third kappa shape index (κ3) is 4.00. The van der Waals surface area contributed by atoms with E-state index in [0.717, 1.165) is 24.5 Å². The highest BCUT2D eigenvalue weighted by Crippen LogP contribution is 2.40. The van der Waals surface area contributed by atoms with Crippen molar-refractivity contribution >= 4 is 28.7 Å². The maximum absolute atomic E-state index is 14.6. The van der Waals surface area contributed by atoms with Gasteiger partial charge in [0.2, 0.25) is 0 Å². The van der Waals surface area contributed by atoms with Gasteiger partial charge in [0.25, 0.3) is 5.91 Å². The molecule has 0 radical (unpaired) electrons. The standard InChI is InChI=1S/C22H23FN4OS/c1-14-25-12-18(29-14)21(28)26-19-16(15-6-4-5-7-17(15)23)8-10-24-20(19)27-11-9-22(2,3)13-27/h4-8,10,12H,9,11,13H2,1-3H3,(H,26,28). The molecule has 7 heteroatoms. The number of rotatable bonds is 4. The van der Waals surface area contributed by atoms with Crippen molar-refractivity contribution in [2.45, 2.75) is 27.2 Å². The van der Waals surface area contributed by atoms with E-state index in [-0.39, 0.29) is 17.1 Å². The topological polar surface area (TPSA) is 58.1 Å². The summed E-state index contributed by atoms with van der Waals surface area (Å²) in [5, 5.41) is 3.82. The number of pyridine rings is 1. The van der Waals surface area contributed by atoms with E-state index in [4.69, 9.17) is 0 Å². The average molecular weight is 411 g/mol. The quantitative estimate of drug-likeness (QED) is 0.647. The molecule has 4 rings (SSSR count). The maximum atomic E-state index is 14.6. The third-order valence-corrected chi connectivity index (χ3v) is 6.07.